The first-order valence-electron chi connectivity index (χ1n) is 7.25. The second-order valence-corrected chi connectivity index (χ2v) is 5.59. The van der Waals surface area contributed by atoms with Crippen LogP contribution < -0.4 is 0 Å². The van der Waals surface area contributed by atoms with Crippen LogP contribution >= 0.6 is 0 Å². The van der Waals surface area contributed by atoms with Crippen LogP contribution in [-0.2, 0) is 17.8 Å². The van der Waals surface area contributed by atoms with E-state index in [-0.39, 0.29) is 12.3 Å². The van der Waals surface area contributed by atoms with Gasteiger partial charge in [0.2, 0.25) is 5.91 Å². The van der Waals surface area contributed by atoms with Gasteiger partial charge in [0.15, 0.2) is 5.58 Å². The normalized spacial score (nSPS) is 15.2. The number of hydrogen-bond donors (Lipinski definition) is 0. The van der Waals surface area contributed by atoms with Crippen molar-refractivity contribution in [1.29, 1.82) is 0 Å². The lowest BCUT2D eigenvalue weighted by atomic mass is 9.99. The summed E-state index contributed by atoms with van der Waals surface area (Å²) < 4.78 is 7.04. The molecule has 3 heterocycles. The van der Waals surface area contributed by atoms with Gasteiger partial charge >= 0.3 is 0 Å². The van der Waals surface area contributed by atoms with Crippen LogP contribution in [0.5, 0.6) is 0 Å². The molecule has 0 saturated carbocycles. The largest absolute Gasteiger partial charge is 0.356 e. The fourth-order valence-electron chi connectivity index (χ4n) is 2.80. The first kappa shape index (κ1) is 13.0. The highest BCUT2D eigenvalue weighted by atomic mass is 16.5. The Labute approximate surface area is 126 Å². The summed E-state index contributed by atoms with van der Waals surface area (Å²) in [6.07, 6.45) is 3.79. The third-order valence-electron chi connectivity index (χ3n) is 4.00. The Hall–Kier alpha value is -2.70. The van der Waals surface area contributed by atoms with Crippen molar-refractivity contribution in [2.75, 3.05) is 13.1 Å². The van der Waals surface area contributed by atoms with Crippen LogP contribution in [0.4, 0.5) is 0 Å². The minimum absolute atomic E-state index is 0.0916. The molecule has 7 heteroatoms. The smallest absolute Gasteiger partial charge is 0.228 e. The van der Waals surface area contributed by atoms with Crippen LogP contribution in [0.1, 0.15) is 5.69 Å². The molecule has 7 nitrogen and oxygen atoms in total. The van der Waals surface area contributed by atoms with Crippen LogP contribution in [0.3, 0.4) is 0 Å². The molecule has 4 rings (SSSR count). The topological polar surface area (TPSA) is 77.0 Å². The lowest BCUT2D eigenvalue weighted by molar-refractivity contribution is -0.137. The van der Waals surface area contributed by atoms with Crippen molar-refractivity contribution in [3.8, 4) is 0 Å². The number of fused-ring (bicyclic) bond motifs is 1. The highest BCUT2D eigenvalue weighted by molar-refractivity contribution is 5.86. The van der Waals surface area contributed by atoms with E-state index in [2.05, 4.69) is 15.5 Å². The number of aromatic nitrogens is 4. The Morgan fingerprint density at radius 1 is 1.32 bits per heavy atom. The molecule has 22 heavy (non-hydrogen) atoms. The zero-order chi connectivity index (χ0) is 14.9. The molecule has 0 spiro atoms. The zero-order valence-electron chi connectivity index (χ0n) is 11.9. The molecule has 0 unspecified atom stereocenters. The number of carbonyl (C=O) groups excluding carboxylic acids is 1. The van der Waals surface area contributed by atoms with Gasteiger partial charge in [-0.15, -0.1) is 5.10 Å². The Morgan fingerprint density at radius 3 is 3.00 bits per heavy atom. The van der Waals surface area contributed by atoms with Gasteiger partial charge < -0.3 is 9.42 Å². The van der Waals surface area contributed by atoms with Crippen LogP contribution in [0.15, 0.2) is 41.2 Å². The van der Waals surface area contributed by atoms with Gasteiger partial charge in [-0.3, -0.25) is 9.48 Å². The van der Waals surface area contributed by atoms with Crippen LogP contribution in [0, 0.1) is 5.92 Å². The first-order chi connectivity index (χ1) is 10.8. The number of hydrogen-bond acceptors (Lipinski definition) is 5. The number of likely N-dealkylation sites (tertiary alicyclic amines) is 1. The fourth-order valence-corrected chi connectivity index (χ4v) is 2.80. The number of rotatable bonds is 4. The average Bonchev–Trinajstić information content (AvgIpc) is 3.12. The highest BCUT2D eigenvalue weighted by Gasteiger charge is 2.31. The van der Waals surface area contributed by atoms with Crippen molar-refractivity contribution in [2.24, 2.45) is 5.92 Å². The summed E-state index contributed by atoms with van der Waals surface area (Å²) in [5.74, 6) is 0.536. The van der Waals surface area contributed by atoms with E-state index >= 15 is 0 Å². The van der Waals surface area contributed by atoms with Crippen LogP contribution in [-0.4, -0.2) is 44.0 Å². The number of amides is 1. The van der Waals surface area contributed by atoms with Crippen LogP contribution in [0.25, 0.3) is 11.0 Å². The molecule has 112 valence electrons. The van der Waals surface area contributed by atoms with E-state index < -0.39 is 0 Å². The third kappa shape index (κ3) is 2.34. The van der Waals surface area contributed by atoms with E-state index in [0.29, 0.717) is 11.6 Å². The molecule has 1 fully saturated rings. The maximum absolute atomic E-state index is 12.3. The molecule has 1 saturated heterocycles. The number of para-hydroxylation sites is 1. The van der Waals surface area contributed by atoms with Gasteiger partial charge in [-0.2, -0.15) is 0 Å². The summed E-state index contributed by atoms with van der Waals surface area (Å²) in [4.78, 5) is 14.1. The Morgan fingerprint density at radius 2 is 2.18 bits per heavy atom. The second-order valence-electron chi connectivity index (χ2n) is 5.59. The number of nitrogens with zero attached hydrogens (tertiary/aromatic N) is 5. The Kier molecular flexibility index (Phi) is 3.10. The average molecular weight is 297 g/mol. The lowest BCUT2D eigenvalue weighted by Crippen LogP contribution is -2.52. The zero-order valence-corrected chi connectivity index (χ0v) is 11.9. The van der Waals surface area contributed by atoms with Gasteiger partial charge in [-0.05, 0) is 12.1 Å². The molecule has 0 radical (unpaired) electrons. The van der Waals surface area contributed by atoms with Crippen LogP contribution in [0.2, 0.25) is 0 Å². The molecule has 0 N–H and O–H groups in total. The number of carbonyl (C=O) groups is 1. The lowest BCUT2D eigenvalue weighted by Gasteiger charge is -2.39. The van der Waals surface area contributed by atoms with Gasteiger partial charge in [-0.1, -0.05) is 22.5 Å². The van der Waals surface area contributed by atoms with Crippen molar-refractivity contribution < 1.29 is 9.32 Å². The van der Waals surface area contributed by atoms with Gasteiger partial charge in [-0.25, -0.2) is 0 Å². The molecule has 3 aromatic rings. The third-order valence-corrected chi connectivity index (χ3v) is 4.00. The predicted molar refractivity (Wildman–Crippen MR) is 77.8 cm³/mol. The minimum atomic E-state index is 0.0916. The quantitative estimate of drug-likeness (QED) is 0.721. The summed E-state index contributed by atoms with van der Waals surface area (Å²) in [7, 11) is 0. The molecule has 1 aliphatic rings. The first-order valence-corrected chi connectivity index (χ1v) is 7.25. The van der Waals surface area contributed by atoms with E-state index in [1.54, 1.807) is 10.9 Å². The summed E-state index contributed by atoms with van der Waals surface area (Å²) in [5.41, 5.74) is 1.43. The van der Waals surface area contributed by atoms with E-state index in [4.69, 9.17) is 4.52 Å². The standard InChI is InChI=1S/C15H15N5O2/c21-15(7-13-12-3-1-2-4-14(12)22-17-13)19-8-11(9-19)10-20-6-5-16-18-20/h1-6,11H,7-10H2. The molecule has 1 amide bonds. The van der Waals surface area contributed by atoms with E-state index in [0.717, 1.165) is 30.6 Å². The minimum Gasteiger partial charge on any atom is -0.356 e. The Bertz CT molecular complexity index is 789. The summed E-state index contributed by atoms with van der Waals surface area (Å²) in [6, 6.07) is 7.60. The summed E-state index contributed by atoms with van der Waals surface area (Å²) >= 11 is 0. The maximum Gasteiger partial charge on any atom is 0.228 e. The second kappa shape index (κ2) is 5.25. The molecule has 0 aliphatic carbocycles. The van der Waals surface area contributed by atoms with Gasteiger partial charge in [0.05, 0.1) is 12.6 Å². The molecule has 1 aliphatic heterocycles. The van der Waals surface area contributed by atoms with Gasteiger partial charge in [0.1, 0.15) is 5.69 Å². The van der Waals surface area contributed by atoms with Crippen molar-refractivity contribution in [1.82, 2.24) is 25.1 Å². The highest BCUT2D eigenvalue weighted by Crippen LogP contribution is 2.22. The molecular weight excluding hydrogens is 282 g/mol. The fraction of sp³-hybridized carbons (Fsp3) is 0.333. The molecule has 2 aromatic heterocycles. The van der Waals surface area contributed by atoms with Crippen molar-refractivity contribution in [3.63, 3.8) is 0 Å². The van der Waals surface area contributed by atoms with Gasteiger partial charge in [0, 0.05) is 37.1 Å². The summed E-state index contributed by atoms with van der Waals surface area (Å²) in [6.45, 7) is 2.32. The molecule has 0 atom stereocenters. The summed E-state index contributed by atoms with van der Waals surface area (Å²) in [5, 5.41) is 12.6. The number of benzene rings is 1. The van der Waals surface area contributed by atoms with Crippen molar-refractivity contribution >= 4 is 16.9 Å². The maximum atomic E-state index is 12.3. The predicted octanol–water partition coefficient (Wildman–Crippen LogP) is 1.12. The molecule has 0 bridgehead atoms. The SMILES string of the molecule is O=C(Cc1noc2ccccc12)N1CC(Cn2ccnn2)C1. The van der Waals surface area contributed by atoms with E-state index in [9.17, 15) is 4.79 Å². The van der Waals surface area contributed by atoms with E-state index in [1.165, 1.54) is 0 Å². The van der Waals surface area contributed by atoms with Crippen molar-refractivity contribution in [2.45, 2.75) is 13.0 Å². The molecule has 1 aromatic carbocycles. The van der Waals surface area contributed by atoms with Crippen molar-refractivity contribution in [3.05, 3.63) is 42.4 Å². The Balaban J connectivity index is 1.36. The molecular formula is C15H15N5O2. The monoisotopic (exact) mass is 297 g/mol. The van der Waals surface area contributed by atoms with Gasteiger partial charge in [0.25, 0.3) is 0 Å². The van der Waals surface area contributed by atoms with E-state index in [1.807, 2.05) is 35.4 Å².